The Morgan fingerprint density at radius 3 is 2.00 bits per heavy atom. The first kappa shape index (κ1) is 34.0. The lowest BCUT2D eigenvalue weighted by Gasteiger charge is -2.34. The number of nitrogens with one attached hydrogen (secondary N) is 1. The second-order valence-electron chi connectivity index (χ2n) is 9.86. The molecule has 0 aliphatic rings. The fourth-order valence-corrected chi connectivity index (χ4v) is 6.64. The predicted molar refractivity (Wildman–Crippen MR) is 171 cm³/mol. The zero-order chi connectivity index (χ0) is 31.2. The van der Waals surface area contributed by atoms with Gasteiger partial charge in [0.25, 0.3) is 10.0 Å². The number of halogens is 4. The molecule has 0 aliphatic carbocycles. The fraction of sp³-hybridized carbons (Fsp3) is 0.333. The third-order valence-corrected chi connectivity index (χ3v) is 10.2. The molecule has 226 valence electrons. The van der Waals surface area contributed by atoms with E-state index in [1.54, 1.807) is 43.3 Å². The Morgan fingerprint density at radius 1 is 0.857 bits per heavy atom. The lowest BCUT2D eigenvalue weighted by molar-refractivity contribution is -0.140. The minimum absolute atomic E-state index is 0.0194. The SMILES string of the molecule is CCC(C)NC(=O)C(CC)N(Cc1c(Cl)cccc1Cl)C(=O)CN(c1cccc(Cl)c1Cl)S(=O)(=O)c1ccc(C)cc1. The molecule has 0 aromatic heterocycles. The number of rotatable bonds is 12. The zero-order valence-electron chi connectivity index (χ0n) is 23.7. The Hall–Kier alpha value is -2.49. The standard InChI is InChI=1S/C30H33Cl4N3O4S/c1-5-20(4)35-30(39)26(6-2)36(17-22-23(31)9-7-10-24(22)32)28(38)18-37(27-12-8-11-25(33)29(27)34)42(40,41)21-15-13-19(3)14-16-21/h7-16,20,26H,5-6,17-18H2,1-4H3,(H,35,39). The molecule has 2 unspecified atom stereocenters. The quantitative estimate of drug-likeness (QED) is 0.216. The highest BCUT2D eigenvalue weighted by atomic mass is 35.5. The molecule has 0 aliphatic heterocycles. The van der Waals surface area contributed by atoms with Gasteiger partial charge in [-0.2, -0.15) is 0 Å². The largest absolute Gasteiger partial charge is 0.352 e. The van der Waals surface area contributed by atoms with Crippen molar-refractivity contribution < 1.29 is 18.0 Å². The summed E-state index contributed by atoms with van der Waals surface area (Å²) in [7, 11) is -4.31. The third-order valence-electron chi connectivity index (χ3n) is 6.86. The van der Waals surface area contributed by atoms with E-state index in [-0.39, 0.29) is 45.5 Å². The number of carbonyl (C=O) groups is 2. The highest BCUT2D eigenvalue weighted by Gasteiger charge is 2.35. The maximum Gasteiger partial charge on any atom is 0.264 e. The Morgan fingerprint density at radius 2 is 1.43 bits per heavy atom. The molecule has 3 aromatic rings. The number of aryl methyl sites for hydroxylation is 1. The van der Waals surface area contributed by atoms with Gasteiger partial charge in [-0.3, -0.25) is 13.9 Å². The number of nitrogens with zero attached hydrogens (tertiary/aromatic N) is 2. The molecule has 0 heterocycles. The van der Waals surface area contributed by atoms with E-state index in [4.69, 9.17) is 46.4 Å². The van der Waals surface area contributed by atoms with Gasteiger partial charge in [0.05, 0.1) is 20.6 Å². The van der Waals surface area contributed by atoms with Gasteiger partial charge in [-0.05, 0) is 63.1 Å². The molecule has 12 heteroatoms. The maximum absolute atomic E-state index is 14.2. The molecular formula is C30H33Cl4N3O4S. The number of benzene rings is 3. The minimum Gasteiger partial charge on any atom is -0.352 e. The van der Waals surface area contributed by atoms with E-state index in [1.807, 2.05) is 20.8 Å². The van der Waals surface area contributed by atoms with Gasteiger partial charge in [0, 0.05) is 28.2 Å². The molecule has 1 N–H and O–H groups in total. The second kappa shape index (κ2) is 14.8. The summed E-state index contributed by atoms with van der Waals surface area (Å²) >= 11 is 25.7. The Balaban J connectivity index is 2.14. The van der Waals surface area contributed by atoms with Crippen molar-refractivity contribution in [1.29, 1.82) is 0 Å². The lowest BCUT2D eigenvalue weighted by Crippen LogP contribution is -2.53. The number of hydrogen-bond donors (Lipinski definition) is 1. The summed E-state index contributed by atoms with van der Waals surface area (Å²) in [5, 5.41) is 3.61. The molecule has 3 rings (SSSR count). The highest BCUT2D eigenvalue weighted by molar-refractivity contribution is 7.92. The smallest absolute Gasteiger partial charge is 0.264 e. The van der Waals surface area contributed by atoms with Gasteiger partial charge >= 0.3 is 0 Å². The molecule has 2 amide bonds. The topological polar surface area (TPSA) is 86.8 Å². The number of amides is 2. The first-order chi connectivity index (χ1) is 19.8. The summed E-state index contributed by atoms with van der Waals surface area (Å²) < 4.78 is 29.0. The number of anilines is 1. The number of hydrogen-bond acceptors (Lipinski definition) is 4. The fourth-order valence-electron chi connectivity index (χ4n) is 4.25. The van der Waals surface area contributed by atoms with Crippen molar-refractivity contribution in [2.24, 2.45) is 0 Å². The van der Waals surface area contributed by atoms with E-state index < -0.39 is 28.5 Å². The minimum atomic E-state index is -4.31. The highest BCUT2D eigenvalue weighted by Crippen LogP contribution is 2.36. The van der Waals surface area contributed by atoms with Crippen LogP contribution in [0.2, 0.25) is 20.1 Å². The third kappa shape index (κ3) is 7.91. The summed E-state index contributed by atoms with van der Waals surface area (Å²) in [6.45, 7) is 6.58. The van der Waals surface area contributed by atoms with Crippen molar-refractivity contribution in [3.8, 4) is 0 Å². The van der Waals surface area contributed by atoms with Gasteiger partial charge in [0.15, 0.2) is 0 Å². The normalized spacial score (nSPS) is 12.9. The van der Waals surface area contributed by atoms with E-state index in [9.17, 15) is 18.0 Å². The van der Waals surface area contributed by atoms with Crippen LogP contribution in [0.25, 0.3) is 0 Å². The Bertz CT molecular complexity index is 1510. The van der Waals surface area contributed by atoms with Gasteiger partial charge in [0.2, 0.25) is 11.8 Å². The predicted octanol–water partition coefficient (Wildman–Crippen LogP) is 7.53. The molecule has 42 heavy (non-hydrogen) atoms. The first-order valence-electron chi connectivity index (χ1n) is 13.4. The summed E-state index contributed by atoms with van der Waals surface area (Å²) in [6.07, 6.45) is 0.932. The molecule has 0 saturated carbocycles. The number of carbonyl (C=O) groups excluding carboxylic acids is 2. The molecule has 0 spiro atoms. The average Bonchev–Trinajstić information content (AvgIpc) is 2.94. The van der Waals surface area contributed by atoms with E-state index in [2.05, 4.69) is 5.32 Å². The van der Waals surface area contributed by atoms with Crippen molar-refractivity contribution >= 4 is 73.9 Å². The average molecular weight is 673 g/mol. The van der Waals surface area contributed by atoms with Crippen LogP contribution in [0.3, 0.4) is 0 Å². The number of sulfonamides is 1. The monoisotopic (exact) mass is 671 g/mol. The van der Waals surface area contributed by atoms with Crippen molar-refractivity contribution in [3.05, 3.63) is 91.9 Å². The van der Waals surface area contributed by atoms with Crippen LogP contribution in [-0.4, -0.2) is 43.8 Å². The summed E-state index contributed by atoms with van der Waals surface area (Å²) in [5.74, 6) is -1.04. The van der Waals surface area contributed by atoms with E-state index in [0.717, 1.165) is 9.87 Å². The first-order valence-corrected chi connectivity index (χ1v) is 16.3. The van der Waals surface area contributed by atoms with Crippen LogP contribution < -0.4 is 9.62 Å². The van der Waals surface area contributed by atoms with Crippen molar-refractivity contribution in [2.45, 2.75) is 64.1 Å². The van der Waals surface area contributed by atoms with Gasteiger partial charge in [-0.15, -0.1) is 0 Å². The summed E-state index contributed by atoms with van der Waals surface area (Å²) in [4.78, 5) is 28.9. The van der Waals surface area contributed by atoms with Crippen LogP contribution in [0, 0.1) is 6.92 Å². The van der Waals surface area contributed by atoms with E-state index in [1.165, 1.54) is 29.2 Å². The lowest BCUT2D eigenvalue weighted by atomic mass is 10.1. The molecule has 3 aromatic carbocycles. The van der Waals surface area contributed by atoms with Gasteiger partial charge < -0.3 is 10.2 Å². The van der Waals surface area contributed by atoms with Crippen LogP contribution >= 0.6 is 46.4 Å². The second-order valence-corrected chi connectivity index (χ2v) is 13.3. The van der Waals surface area contributed by atoms with E-state index in [0.29, 0.717) is 22.0 Å². The Labute approximate surface area is 267 Å². The van der Waals surface area contributed by atoms with Crippen molar-refractivity contribution in [2.75, 3.05) is 10.8 Å². The van der Waals surface area contributed by atoms with Gasteiger partial charge in [-0.25, -0.2) is 8.42 Å². The van der Waals surface area contributed by atoms with E-state index >= 15 is 0 Å². The molecule has 7 nitrogen and oxygen atoms in total. The maximum atomic E-state index is 14.2. The molecule has 0 fully saturated rings. The van der Waals surface area contributed by atoms with Gasteiger partial charge in [0.1, 0.15) is 12.6 Å². The van der Waals surface area contributed by atoms with Crippen LogP contribution in [0.5, 0.6) is 0 Å². The van der Waals surface area contributed by atoms with Crippen LogP contribution in [0.15, 0.2) is 65.6 Å². The molecular weight excluding hydrogens is 640 g/mol. The molecule has 0 bridgehead atoms. The Kier molecular flexibility index (Phi) is 12.0. The van der Waals surface area contributed by atoms with Crippen LogP contribution in [-0.2, 0) is 26.2 Å². The molecule has 0 radical (unpaired) electrons. The van der Waals surface area contributed by atoms with Crippen LogP contribution in [0.1, 0.15) is 44.7 Å². The van der Waals surface area contributed by atoms with Crippen molar-refractivity contribution in [3.63, 3.8) is 0 Å². The van der Waals surface area contributed by atoms with Crippen molar-refractivity contribution in [1.82, 2.24) is 10.2 Å². The summed E-state index contributed by atoms with van der Waals surface area (Å²) in [6, 6.07) is 14.6. The summed E-state index contributed by atoms with van der Waals surface area (Å²) in [5.41, 5.74) is 1.31. The zero-order valence-corrected chi connectivity index (χ0v) is 27.5. The molecule has 2 atom stereocenters. The molecule has 0 saturated heterocycles. The van der Waals surface area contributed by atoms with Crippen LogP contribution in [0.4, 0.5) is 5.69 Å². The van der Waals surface area contributed by atoms with Gasteiger partial charge in [-0.1, -0.05) is 90.1 Å².